The third kappa shape index (κ3) is 4.07. The van der Waals surface area contributed by atoms with Gasteiger partial charge in [0.15, 0.2) is 11.5 Å². The highest BCUT2D eigenvalue weighted by Crippen LogP contribution is 2.19. The van der Waals surface area contributed by atoms with Crippen molar-refractivity contribution < 1.29 is 13.9 Å². The molecule has 0 aliphatic heterocycles. The molecule has 0 spiro atoms. The average Bonchev–Trinajstić information content (AvgIpc) is 3.20. The fourth-order valence-corrected chi connectivity index (χ4v) is 2.78. The molecule has 148 valence electrons. The first-order valence-electron chi connectivity index (χ1n) is 9.03. The van der Waals surface area contributed by atoms with Crippen LogP contribution in [0.15, 0.2) is 60.7 Å². The van der Waals surface area contributed by atoms with E-state index in [9.17, 15) is 9.18 Å². The Labute approximate surface area is 170 Å². The van der Waals surface area contributed by atoms with E-state index in [4.69, 9.17) is 10.00 Å². The number of nitriles is 1. The summed E-state index contributed by atoms with van der Waals surface area (Å²) in [4.78, 5) is 12.2. The van der Waals surface area contributed by atoms with Gasteiger partial charge < -0.3 is 10.1 Å². The fraction of sp³-hybridized carbons (Fsp3) is 0.0952. The van der Waals surface area contributed by atoms with Crippen LogP contribution in [0.4, 0.5) is 4.39 Å². The molecule has 0 aliphatic carbocycles. The maximum absolute atomic E-state index is 13.2. The first-order valence-corrected chi connectivity index (χ1v) is 9.03. The molecule has 0 fully saturated rings. The summed E-state index contributed by atoms with van der Waals surface area (Å²) >= 11 is 0. The van der Waals surface area contributed by atoms with Crippen molar-refractivity contribution in [2.75, 3.05) is 13.2 Å². The molecular formula is C21H15FN6O2. The van der Waals surface area contributed by atoms with E-state index in [1.165, 1.54) is 22.7 Å². The number of nitrogens with one attached hydrogen (secondary N) is 1. The number of nitrogens with zero attached hydrogens (tertiary/aromatic N) is 5. The molecule has 9 heteroatoms. The summed E-state index contributed by atoms with van der Waals surface area (Å²) in [6.45, 7) is 0.443. The molecule has 2 heterocycles. The van der Waals surface area contributed by atoms with Gasteiger partial charge in [0.1, 0.15) is 12.4 Å². The number of rotatable bonds is 6. The molecule has 30 heavy (non-hydrogen) atoms. The first-order chi connectivity index (χ1) is 14.6. The fourth-order valence-electron chi connectivity index (χ4n) is 2.78. The largest absolute Gasteiger partial charge is 0.475 e. The number of halogens is 1. The average molecular weight is 402 g/mol. The van der Waals surface area contributed by atoms with Gasteiger partial charge in [0, 0.05) is 17.2 Å². The Morgan fingerprint density at radius 1 is 1.13 bits per heavy atom. The second-order valence-corrected chi connectivity index (χ2v) is 6.27. The van der Waals surface area contributed by atoms with Gasteiger partial charge in [-0.3, -0.25) is 4.79 Å². The second kappa shape index (κ2) is 8.36. The van der Waals surface area contributed by atoms with Crippen LogP contribution in [-0.2, 0) is 0 Å². The first kappa shape index (κ1) is 19.0. The molecule has 0 unspecified atom stereocenters. The van der Waals surface area contributed by atoms with Crippen molar-refractivity contribution in [1.29, 1.82) is 5.26 Å². The number of hydrogen-bond acceptors (Lipinski definition) is 6. The normalized spacial score (nSPS) is 10.5. The Morgan fingerprint density at radius 3 is 2.77 bits per heavy atom. The zero-order valence-electron chi connectivity index (χ0n) is 15.6. The monoisotopic (exact) mass is 402 g/mol. The molecule has 4 aromatic rings. The van der Waals surface area contributed by atoms with E-state index in [2.05, 4.69) is 20.6 Å². The number of amides is 1. The summed E-state index contributed by atoms with van der Waals surface area (Å²) in [7, 11) is 0. The van der Waals surface area contributed by atoms with Crippen molar-refractivity contribution in [3.8, 4) is 23.3 Å². The molecule has 0 saturated heterocycles. The molecule has 8 nitrogen and oxygen atoms in total. The standard InChI is InChI=1S/C21H15FN6O2/c22-17-6-4-15(5-7-17)20-26-25-18-8-9-19(27-28(18)20)30-11-10-24-21(29)16-3-1-2-14(12-16)13-23/h1-9,12H,10-11H2,(H,24,29). The quantitative estimate of drug-likeness (QED) is 0.497. The molecule has 2 aromatic carbocycles. The third-order valence-electron chi connectivity index (χ3n) is 4.23. The van der Waals surface area contributed by atoms with Gasteiger partial charge in [0.05, 0.1) is 18.2 Å². The van der Waals surface area contributed by atoms with Crippen molar-refractivity contribution in [2.45, 2.75) is 0 Å². The van der Waals surface area contributed by atoms with Crippen LogP contribution < -0.4 is 10.1 Å². The van der Waals surface area contributed by atoms with Gasteiger partial charge in [0.25, 0.3) is 5.91 Å². The van der Waals surface area contributed by atoms with E-state index in [1.54, 1.807) is 42.5 Å². The van der Waals surface area contributed by atoms with Gasteiger partial charge >= 0.3 is 0 Å². The van der Waals surface area contributed by atoms with Crippen molar-refractivity contribution in [3.05, 3.63) is 77.6 Å². The van der Waals surface area contributed by atoms with Gasteiger partial charge in [0.2, 0.25) is 5.88 Å². The predicted molar refractivity (Wildman–Crippen MR) is 105 cm³/mol. The van der Waals surface area contributed by atoms with E-state index in [-0.39, 0.29) is 24.9 Å². The minimum atomic E-state index is -0.342. The van der Waals surface area contributed by atoms with Crippen molar-refractivity contribution >= 4 is 11.6 Å². The Bertz CT molecular complexity index is 1250. The van der Waals surface area contributed by atoms with Gasteiger partial charge in [-0.05, 0) is 48.5 Å². The Morgan fingerprint density at radius 2 is 1.97 bits per heavy atom. The van der Waals surface area contributed by atoms with Gasteiger partial charge in [-0.15, -0.1) is 15.3 Å². The zero-order valence-corrected chi connectivity index (χ0v) is 15.6. The minimum absolute atomic E-state index is 0.191. The second-order valence-electron chi connectivity index (χ2n) is 6.27. The third-order valence-corrected chi connectivity index (χ3v) is 4.23. The van der Waals surface area contributed by atoms with Crippen molar-refractivity contribution in [1.82, 2.24) is 25.1 Å². The SMILES string of the molecule is N#Cc1cccc(C(=O)NCCOc2ccc3nnc(-c4ccc(F)cc4)n3n2)c1. The van der Waals surface area contributed by atoms with E-state index >= 15 is 0 Å². The summed E-state index contributed by atoms with van der Waals surface area (Å²) < 4.78 is 20.3. The molecule has 4 rings (SSSR count). The number of hydrogen-bond donors (Lipinski definition) is 1. The number of aromatic nitrogens is 4. The number of carbonyl (C=O) groups excluding carboxylic acids is 1. The number of ether oxygens (including phenoxy) is 1. The van der Waals surface area contributed by atoms with Gasteiger partial charge in [-0.25, -0.2) is 4.39 Å². The lowest BCUT2D eigenvalue weighted by Gasteiger charge is -2.08. The van der Waals surface area contributed by atoms with Crippen LogP contribution in [0.2, 0.25) is 0 Å². The van der Waals surface area contributed by atoms with Crippen LogP contribution in [0.3, 0.4) is 0 Å². The summed E-state index contributed by atoms with van der Waals surface area (Å²) in [6, 6.07) is 17.7. The minimum Gasteiger partial charge on any atom is -0.475 e. The number of benzene rings is 2. The Balaban J connectivity index is 1.39. The highest BCUT2D eigenvalue weighted by Gasteiger charge is 2.11. The lowest BCUT2D eigenvalue weighted by molar-refractivity contribution is 0.0946. The van der Waals surface area contributed by atoms with E-state index in [0.29, 0.717) is 34.0 Å². The lowest BCUT2D eigenvalue weighted by atomic mass is 10.1. The Hall–Kier alpha value is -4.32. The molecule has 1 amide bonds. The number of carbonyl (C=O) groups is 1. The van der Waals surface area contributed by atoms with Crippen LogP contribution in [0.25, 0.3) is 17.0 Å². The van der Waals surface area contributed by atoms with Crippen LogP contribution >= 0.6 is 0 Å². The van der Waals surface area contributed by atoms with Crippen LogP contribution in [0.5, 0.6) is 5.88 Å². The van der Waals surface area contributed by atoms with Gasteiger partial charge in [-0.1, -0.05) is 6.07 Å². The highest BCUT2D eigenvalue weighted by atomic mass is 19.1. The van der Waals surface area contributed by atoms with Crippen LogP contribution in [0.1, 0.15) is 15.9 Å². The molecule has 0 saturated carbocycles. The zero-order chi connectivity index (χ0) is 20.9. The summed E-state index contributed by atoms with van der Waals surface area (Å²) in [5.74, 6) is 0.148. The molecule has 2 aromatic heterocycles. The highest BCUT2D eigenvalue weighted by molar-refractivity contribution is 5.94. The summed E-state index contributed by atoms with van der Waals surface area (Å²) in [6.07, 6.45) is 0. The number of fused-ring (bicyclic) bond motifs is 1. The van der Waals surface area contributed by atoms with E-state index in [1.807, 2.05) is 6.07 Å². The molecule has 0 bridgehead atoms. The molecule has 0 radical (unpaired) electrons. The van der Waals surface area contributed by atoms with Gasteiger partial charge in [-0.2, -0.15) is 9.78 Å². The van der Waals surface area contributed by atoms with Crippen molar-refractivity contribution in [3.63, 3.8) is 0 Å². The Kier molecular flexibility index (Phi) is 5.30. The maximum atomic E-state index is 13.2. The predicted octanol–water partition coefficient (Wildman–Crippen LogP) is 2.61. The van der Waals surface area contributed by atoms with Crippen molar-refractivity contribution in [2.24, 2.45) is 0 Å². The smallest absolute Gasteiger partial charge is 0.251 e. The van der Waals surface area contributed by atoms with Crippen LogP contribution in [0, 0.1) is 17.1 Å². The maximum Gasteiger partial charge on any atom is 0.251 e. The molecule has 0 aliphatic rings. The molecular weight excluding hydrogens is 387 g/mol. The van der Waals surface area contributed by atoms with E-state index < -0.39 is 0 Å². The topological polar surface area (TPSA) is 105 Å². The summed E-state index contributed by atoms with van der Waals surface area (Å²) in [5, 5.41) is 24.1. The van der Waals surface area contributed by atoms with E-state index in [0.717, 1.165) is 0 Å². The molecule has 1 N–H and O–H groups in total. The van der Waals surface area contributed by atoms with Crippen LogP contribution in [-0.4, -0.2) is 38.9 Å². The lowest BCUT2D eigenvalue weighted by Crippen LogP contribution is -2.28. The summed E-state index contributed by atoms with van der Waals surface area (Å²) in [5.41, 5.74) is 2.01. The molecule has 0 atom stereocenters.